The molecule has 41 heavy (non-hydrogen) atoms. The predicted molar refractivity (Wildman–Crippen MR) is 161 cm³/mol. The number of esters is 2. The number of ether oxygens (including phenoxy) is 2. The van der Waals surface area contributed by atoms with Crippen molar-refractivity contribution in [3.63, 3.8) is 0 Å². The van der Waals surface area contributed by atoms with E-state index in [4.69, 9.17) is 9.47 Å². The Hall–Kier alpha value is -3.16. The zero-order valence-electron chi connectivity index (χ0n) is 25.4. The van der Waals surface area contributed by atoms with E-state index in [1.807, 2.05) is 0 Å². The van der Waals surface area contributed by atoms with Crippen LogP contribution in [0.25, 0.3) is 0 Å². The van der Waals surface area contributed by atoms with Gasteiger partial charge >= 0.3 is 17.9 Å². The number of benzene rings is 1. The first-order valence-electron chi connectivity index (χ1n) is 15.5. The average Bonchev–Trinajstić information content (AvgIpc) is 2.95. The molecule has 230 valence electrons. The van der Waals surface area contributed by atoms with Gasteiger partial charge in [0.05, 0.1) is 0 Å². The van der Waals surface area contributed by atoms with Crippen LogP contribution in [0.4, 0.5) is 0 Å². The van der Waals surface area contributed by atoms with Gasteiger partial charge in [-0.05, 0) is 49.8 Å². The van der Waals surface area contributed by atoms with E-state index in [0.29, 0.717) is 12.0 Å². The molecule has 0 saturated carbocycles. The number of allylic oxidation sites excluding steroid dienone is 2. The molecule has 0 aliphatic heterocycles. The van der Waals surface area contributed by atoms with Crippen LogP contribution in [0.2, 0.25) is 0 Å². The van der Waals surface area contributed by atoms with Crippen molar-refractivity contribution < 1.29 is 33.8 Å². The van der Waals surface area contributed by atoms with Gasteiger partial charge in [0.1, 0.15) is 6.04 Å². The topological polar surface area (TPSA) is 119 Å². The third kappa shape index (κ3) is 17.3. The van der Waals surface area contributed by atoms with Crippen LogP contribution >= 0.6 is 0 Å². The normalized spacial score (nSPS) is 11.8. The summed E-state index contributed by atoms with van der Waals surface area (Å²) in [5.74, 6) is -2.34. The number of carbonyl (C=O) groups excluding carboxylic acids is 3. The minimum atomic E-state index is -1.16. The van der Waals surface area contributed by atoms with Crippen LogP contribution in [0.1, 0.15) is 129 Å². The molecule has 0 bridgehead atoms. The molecule has 1 aromatic rings. The summed E-state index contributed by atoms with van der Waals surface area (Å²) in [4.78, 5) is 47.8. The Morgan fingerprint density at radius 1 is 0.756 bits per heavy atom. The smallest absolute Gasteiger partial charge is 0.326 e. The fraction of sp³-hybridized carbons (Fsp3) is 0.636. The summed E-state index contributed by atoms with van der Waals surface area (Å²) >= 11 is 0. The summed E-state index contributed by atoms with van der Waals surface area (Å²) in [6.07, 6.45) is 20.3. The number of carboxylic acid groups (broad SMARTS) is 1. The number of amides is 1. The Balaban J connectivity index is 2.39. The molecular weight excluding hydrogens is 522 g/mol. The number of hydrogen-bond acceptors (Lipinski definition) is 6. The quantitative estimate of drug-likeness (QED) is 0.0603. The Kier molecular flexibility index (Phi) is 19.7. The predicted octanol–water partition coefficient (Wildman–Crippen LogP) is 7.47. The Morgan fingerprint density at radius 2 is 1.29 bits per heavy atom. The third-order valence-electron chi connectivity index (χ3n) is 6.77. The minimum Gasteiger partial charge on any atom is -0.480 e. The second-order valence-corrected chi connectivity index (χ2v) is 10.4. The van der Waals surface area contributed by atoms with Crippen LogP contribution in [0.3, 0.4) is 0 Å². The molecule has 1 atom stereocenters. The van der Waals surface area contributed by atoms with E-state index in [0.717, 1.165) is 32.1 Å². The van der Waals surface area contributed by atoms with Gasteiger partial charge in [0, 0.05) is 25.7 Å². The van der Waals surface area contributed by atoms with Crippen molar-refractivity contribution in [3.8, 4) is 11.5 Å². The molecule has 8 heteroatoms. The number of aliphatic carboxylic acids is 1. The molecule has 0 unspecified atom stereocenters. The van der Waals surface area contributed by atoms with E-state index in [-0.39, 0.29) is 43.1 Å². The highest BCUT2D eigenvalue weighted by Crippen LogP contribution is 2.30. The Morgan fingerprint density at radius 3 is 1.85 bits per heavy atom. The zero-order chi connectivity index (χ0) is 30.3. The Labute approximate surface area is 246 Å². The summed E-state index contributed by atoms with van der Waals surface area (Å²) in [5.41, 5.74) is 0.522. The number of carbonyl (C=O) groups is 4. The highest BCUT2D eigenvalue weighted by atomic mass is 16.6. The van der Waals surface area contributed by atoms with Crippen LogP contribution in [-0.4, -0.2) is 35.0 Å². The number of carboxylic acids is 1. The maximum absolute atomic E-state index is 12.4. The highest BCUT2D eigenvalue weighted by molar-refractivity contribution is 5.83. The van der Waals surface area contributed by atoms with E-state index >= 15 is 0 Å². The molecule has 1 rings (SSSR count). The molecule has 0 radical (unpaired) electrons. The maximum Gasteiger partial charge on any atom is 0.326 e. The largest absolute Gasteiger partial charge is 0.480 e. The number of rotatable bonds is 23. The monoisotopic (exact) mass is 573 g/mol. The third-order valence-corrected chi connectivity index (χ3v) is 6.77. The van der Waals surface area contributed by atoms with E-state index < -0.39 is 23.9 Å². The van der Waals surface area contributed by atoms with Crippen molar-refractivity contribution >= 4 is 23.8 Å². The lowest BCUT2D eigenvalue weighted by Gasteiger charge is -2.16. The standard InChI is InChI=1S/C33H51NO7/c1-4-7-8-9-10-11-12-13-14-15-16-17-18-19-20-21-30(35)34-27(33(38)39)24-26-22-23-28(40-31(36)5-2)29(25-26)41-32(37)6-3/h13-14,22-23,25,27H,4-12,15-21,24H2,1-3H3,(H,34,35)(H,38,39)/t27-/m0/s1. The van der Waals surface area contributed by atoms with Gasteiger partial charge in [0.15, 0.2) is 11.5 Å². The summed E-state index contributed by atoms with van der Waals surface area (Å²) in [7, 11) is 0. The minimum absolute atomic E-state index is 0.00781. The van der Waals surface area contributed by atoms with Crippen LogP contribution in [0.15, 0.2) is 30.4 Å². The van der Waals surface area contributed by atoms with E-state index in [1.54, 1.807) is 19.9 Å². The van der Waals surface area contributed by atoms with Gasteiger partial charge in [-0.1, -0.05) is 90.4 Å². The zero-order valence-corrected chi connectivity index (χ0v) is 25.4. The molecule has 0 saturated heterocycles. The number of nitrogens with one attached hydrogen (secondary N) is 1. The Bertz CT molecular complexity index is 957. The average molecular weight is 574 g/mol. The molecule has 1 amide bonds. The fourth-order valence-corrected chi connectivity index (χ4v) is 4.29. The summed E-state index contributed by atoms with van der Waals surface area (Å²) < 4.78 is 10.5. The van der Waals surface area contributed by atoms with Crippen molar-refractivity contribution in [3.05, 3.63) is 35.9 Å². The van der Waals surface area contributed by atoms with Crippen LogP contribution in [0, 0.1) is 0 Å². The van der Waals surface area contributed by atoms with Crippen LogP contribution in [0.5, 0.6) is 11.5 Å². The molecule has 0 aromatic heterocycles. The molecule has 0 spiro atoms. The number of hydrogen-bond donors (Lipinski definition) is 2. The molecule has 0 aliphatic rings. The van der Waals surface area contributed by atoms with E-state index in [9.17, 15) is 24.3 Å². The summed E-state index contributed by atoms with van der Waals surface area (Å²) in [6.45, 7) is 5.52. The van der Waals surface area contributed by atoms with Crippen molar-refractivity contribution in [2.45, 2.75) is 136 Å². The van der Waals surface area contributed by atoms with Crippen molar-refractivity contribution in [1.29, 1.82) is 0 Å². The van der Waals surface area contributed by atoms with Gasteiger partial charge in [0.25, 0.3) is 0 Å². The highest BCUT2D eigenvalue weighted by Gasteiger charge is 2.22. The fourth-order valence-electron chi connectivity index (χ4n) is 4.29. The molecular formula is C33H51NO7. The van der Waals surface area contributed by atoms with Crippen molar-refractivity contribution in [2.75, 3.05) is 0 Å². The molecule has 8 nitrogen and oxygen atoms in total. The first kappa shape index (κ1) is 35.9. The lowest BCUT2D eigenvalue weighted by Crippen LogP contribution is -2.42. The molecule has 0 heterocycles. The second kappa shape index (κ2) is 22.5. The molecule has 0 aliphatic carbocycles. The van der Waals surface area contributed by atoms with Gasteiger partial charge in [-0.2, -0.15) is 0 Å². The van der Waals surface area contributed by atoms with Gasteiger partial charge in [0.2, 0.25) is 5.91 Å². The molecule has 2 N–H and O–H groups in total. The summed E-state index contributed by atoms with van der Waals surface area (Å²) in [6, 6.07) is 3.39. The van der Waals surface area contributed by atoms with Crippen molar-refractivity contribution in [2.24, 2.45) is 0 Å². The molecule has 1 aromatic carbocycles. The van der Waals surface area contributed by atoms with Gasteiger partial charge in [-0.25, -0.2) is 4.79 Å². The lowest BCUT2D eigenvalue weighted by molar-refractivity contribution is -0.141. The first-order valence-corrected chi connectivity index (χ1v) is 15.5. The molecule has 0 fully saturated rings. The van der Waals surface area contributed by atoms with Crippen molar-refractivity contribution in [1.82, 2.24) is 5.32 Å². The van der Waals surface area contributed by atoms with E-state index in [1.165, 1.54) is 57.1 Å². The lowest BCUT2D eigenvalue weighted by atomic mass is 10.0. The maximum atomic E-state index is 12.4. The van der Waals surface area contributed by atoms with Gasteiger partial charge in [-0.15, -0.1) is 0 Å². The first-order chi connectivity index (χ1) is 19.8. The van der Waals surface area contributed by atoms with Gasteiger partial charge in [-0.3, -0.25) is 14.4 Å². The second-order valence-electron chi connectivity index (χ2n) is 10.4. The van der Waals surface area contributed by atoms with Gasteiger partial charge < -0.3 is 19.9 Å². The van der Waals surface area contributed by atoms with Crippen LogP contribution < -0.4 is 14.8 Å². The number of unbranched alkanes of at least 4 members (excludes halogenated alkanes) is 11. The SMILES string of the molecule is CCCCCCCCC=CCCCCCCCC(=O)N[C@@H](Cc1ccc(OC(=O)CC)c(OC(=O)CC)c1)C(=O)O. The summed E-state index contributed by atoms with van der Waals surface area (Å²) in [5, 5.41) is 12.3. The van der Waals surface area contributed by atoms with Crippen LogP contribution in [-0.2, 0) is 25.6 Å². The van der Waals surface area contributed by atoms with E-state index in [2.05, 4.69) is 24.4 Å².